The fraction of sp³-hybridized carbons (Fsp3) is 0.625. The van der Waals surface area contributed by atoms with Gasteiger partial charge in [0, 0.05) is 13.1 Å². The van der Waals surface area contributed by atoms with E-state index in [9.17, 15) is 5.11 Å². The maximum absolute atomic E-state index is 10.2. The van der Waals surface area contributed by atoms with Gasteiger partial charge in [-0.1, -0.05) is 50.6 Å². The maximum atomic E-state index is 10.2. The monoisotopic (exact) mass is 249 g/mol. The number of aliphatic hydroxyl groups is 1. The SMILES string of the molecule is CCN(CCC(O)c1cccc(C)c1)CC(C)C. The molecular formula is C16H27NO. The Kier molecular flexibility index (Phi) is 6.37. The average molecular weight is 249 g/mol. The molecule has 0 aliphatic rings. The lowest BCUT2D eigenvalue weighted by Gasteiger charge is -2.24. The lowest BCUT2D eigenvalue weighted by Crippen LogP contribution is -2.29. The Morgan fingerprint density at radius 1 is 1.28 bits per heavy atom. The molecule has 0 saturated carbocycles. The van der Waals surface area contributed by atoms with Gasteiger partial charge in [0.2, 0.25) is 0 Å². The largest absolute Gasteiger partial charge is 0.388 e. The van der Waals surface area contributed by atoms with Crippen LogP contribution in [-0.4, -0.2) is 29.6 Å². The molecule has 0 aromatic heterocycles. The minimum Gasteiger partial charge on any atom is -0.388 e. The minimum absolute atomic E-state index is 0.342. The van der Waals surface area contributed by atoms with Crippen molar-refractivity contribution in [1.29, 1.82) is 0 Å². The van der Waals surface area contributed by atoms with Gasteiger partial charge < -0.3 is 10.0 Å². The van der Waals surface area contributed by atoms with Crippen molar-refractivity contribution in [2.45, 2.75) is 40.2 Å². The van der Waals surface area contributed by atoms with E-state index in [0.29, 0.717) is 5.92 Å². The molecule has 18 heavy (non-hydrogen) atoms. The van der Waals surface area contributed by atoms with Gasteiger partial charge in [-0.25, -0.2) is 0 Å². The first kappa shape index (κ1) is 15.2. The van der Waals surface area contributed by atoms with E-state index < -0.39 is 0 Å². The van der Waals surface area contributed by atoms with Gasteiger partial charge in [0.05, 0.1) is 6.10 Å². The van der Waals surface area contributed by atoms with Gasteiger partial charge in [-0.2, -0.15) is 0 Å². The molecule has 0 heterocycles. The molecule has 1 N–H and O–H groups in total. The molecule has 0 aliphatic heterocycles. The Labute approximate surface area is 112 Å². The van der Waals surface area contributed by atoms with E-state index in [1.807, 2.05) is 12.1 Å². The first-order valence-electron chi connectivity index (χ1n) is 7.00. The summed E-state index contributed by atoms with van der Waals surface area (Å²) in [6, 6.07) is 8.16. The van der Waals surface area contributed by atoms with Crippen molar-refractivity contribution in [3.63, 3.8) is 0 Å². The van der Waals surface area contributed by atoms with Gasteiger partial charge in [-0.15, -0.1) is 0 Å². The van der Waals surface area contributed by atoms with E-state index in [4.69, 9.17) is 0 Å². The second-order valence-electron chi connectivity index (χ2n) is 5.51. The van der Waals surface area contributed by atoms with Crippen LogP contribution in [0.2, 0.25) is 0 Å². The Bertz CT molecular complexity index is 349. The van der Waals surface area contributed by atoms with Crippen molar-refractivity contribution in [3.05, 3.63) is 35.4 Å². The summed E-state index contributed by atoms with van der Waals surface area (Å²) in [5, 5.41) is 10.2. The summed E-state index contributed by atoms with van der Waals surface area (Å²) in [4.78, 5) is 2.41. The number of aryl methyl sites for hydroxylation is 1. The van der Waals surface area contributed by atoms with Crippen LogP contribution in [0.25, 0.3) is 0 Å². The molecule has 102 valence electrons. The average Bonchev–Trinajstić information content (AvgIpc) is 2.33. The number of nitrogens with zero attached hydrogens (tertiary/aromatic N) is 1. The highest BCUT2D eigenvalue weighted by atomic mass is 16.3. The van der Waals surface area contributed by atoms with Crippen molar-refractivity contribution in [2.24, 2.45) is 5.92 Å². The van der Waals surface area contributed by atoms with E-state index in [1.165, 1.54) is 5.56 Å². The van der Waals surface area contributed by atoms with Gasteiger partial charge in [-0.3, -0.25) is 0 Å². The van der Waals surface area contributed by atoms with Crippen LogP contribution in [0.5, 0.6) is 0 Å². The van der Waals surface area contributed by atoms with Crippen LogP contribution in [0.3, 0.4) is 0 Å². The molecule has 0 saturated heterocycles. The van der Waals surface area contributed by atoms with Crippen molar-refractivity contribution >= 4 is 0 Å². The van der Waals surface area contributed by atoms with Crippen molar-refractivity contribution in [2.75, 3.05) is 19.6 Å². The van der Waals surface area contributed by atoms with Crippen LogP contribution in [0.15, 0.2) is 24.3 Å². The quantitative estimate of drug-likeness (QED) is 0.800. The second-order valence-corrected chi connectivity index (χ2v) is 5.51. The summed E-state index contributed by atoms with van der Waals surface area (Å²) < 4.78 is 0. The zero-order valence-corrected chi connectivity index (χ0v) is 12.2. The Morgan fingerprint density at radius 3 is 2.56 bits per heavy atom. The molecule has 1 unspecified atom stereocenters. The smallest absolute Gasteiger partial charge is 0.0802 e. The standard InChI is InChI=1S/C16H27NO/c1-5-17(12-13(2)3)10-9-16(18)15-8-6-7-14(4)11-15/h6-8,11,13,16,18H,5,9-10,12H2,1-4H3. The lowest BCUT2D eigenvalue weighted by atomic mass is 10.0. The fourth-order valence-corrected chi connectivity index (χ4v) is 2.24. The highest BCUT2D eigenvalue weighted by Crippen LogP contribution is 2.18. The van der Waals surface area contributed by atoms with Crippen LogP contribution >= 0.6 is 0 Å². The molecule has 0 radical (unpaired) electrons. The Hall–Kier alpha value is -0.860. The van der Waals surface area contributed by atoms with Crippen LogP contribution in [-0.2, 0) is 0 Å². The van der Waals surface area contributed by atoms with Gasteiger partial charge in [0.25, 0.3) is 0 Å². The molecule has 0 bridgehead atoms. The fourth-order valence-electron chi connectivity index (χ4n) is 2.24. The summed E-state index contributed by atoms with van der Waals surface area (Å²) in [7, 11) is 0. The highest BCUT2D eigenvalue weighted by Gasteiger charge is 2.11. The van der Waals surface area contributed by atoms with E-state index in [1.54, 1.807) is 0 Å². The summed E-state index contributed by atoms with van der Waals surface area (Å²) in [6.07, 6.45) is 0.468. The first-order valence-corrected chi connectivity index (χ1v) is 7.00. The molecular weight excluding hydrogens is 222 g/mol. The zero-order chi connectivity index (χ0) is 13.5. The van der Waals surface area contributed by atoms with Gasteiger partial charge in [-0.05, 0) is 31.4 Å². The van der Waals surface area contributed by atoms with Crippen molar-refractivity contribution < 1.29 is 5.11 Å². The van der Waals surface area contributed by atoms with E-state index in [-0.39, 0.29) is 6.10 Å². The Balaban J connectivity index is 2.47. The number of benzene rings is 1. The molecule has 0 spiro atoms. The van der Waals surface area contributed by atoms with Crippen molar-refractivity contribution in [1.82, 2.24) is 4.90 Å². The number of hydrogen-bond donors (Lipinski definition) is 1. The summed E-state index contributed by atoms with van der Waals surface area (Å²) in [6.45, 7) is 11.8. The van der Waals surface area contributed by atoms with Crippen LogP contribution in [0.4, 0.5) is 0 Å². The number of aliphatic hydroxyl groups excluding tert-OH is 1. The third-order valence-electron chi connectivity index (χ3n) is 3.22. The number of hydrogen-bond acceptors (Lipinski definition) is 2. The van der Waals surface area contributed by atoms with Crippen molar-refractivity contribution in [3.8, 4) is 0 Å². The molecule has 1 rings (SSSR count). The summed E-state index contributed by atoms with van der Waals surface area (Å²) in [5.41, 5.74) is 2.25. The van der Waals surface area contributed by atoms with E-state index >= 15 is 0 Å². The van der Waals surface area contributed by atoms with Gasteiger partial charge >= 0.3 is 0 Å². The molecule has 2 heteroatoms. The van der Waals surface area contributed by atoms with Gasteiger partial charge in [0.15, 0.2) is 0 Å². The van der Waals surface area contributed by atoms with E-state index in [0.717, 1.165) is 31.6 Å². The van der Waals surface area contributed by atoms with Gasteiger partial charge in [0.1, 0.15) is 0 Å². The topological polar surface area (TPSA) is 23.5 Å². The van der Waals surface area contributed by atoms with E-state index in [2.05, 4.69) is 44.7 Å². The minimum atomic E-state index is -0.342. The number of rotatable bonds is 7. The molecule has 2 nitrogen and oxygen atoms in total. The second kappa shape index (κ2) is 7.55. The predicted molar refractivity (Wildman–Crippen MR) is 77.7 cm³/mol. The summed E-state index contributed by atoms with van der Waals surface area (Å²) in [5.74, 6) is 0.682. The third kappa shape index (κ3) is 5.19. The lowest BCUT2D eigenvalue weighted by molar-refractivity contribution is 0.139. The van der Waals surface area contributed by atoms with Crippen LogP contribution < -0.4 is 0 Å². The molecule has 0 amide bonds. The molecule has 1 aromatic rings. The molecule has 1 atom stereocenters. The van der Waals surface area contributed by atoms with Crippen LogP contribution in [0.1, 0.15) is 44.4 Å². The third-order valence-corrected chi connectivity index (χ3v) is 3.22. The Morgan fingerprint density at radius 2 is 2.00 bits per heavy atom. The summed E-state index contributed by atoms with van der Waals surface area (Å²) >= 11 is 0. The highest BCUT2D eigenvalue weighted by molar-refractivity contribution is 5.23. The first-order chi connectivity index (χ1) is 8.52. The predicted octanol–water partition coefficient (Wildman–Crippen LogP) is 3.40. The zero-order valence-electron chi connectivity index (χ0n) is 12.2. The molecule has 0 fully saturated rings. The van der Waals surface area contributed by atoms with Crippen LogP contribution in [0, 0.1) is 12.8 Å². The molecule has 1 aromatic carbocycles. The maximum Gasteiger partial charge on any atom is 0.0802 e. The molecule has 0 aliphatic carbocycles. The normalized spacial score (nSPS) is 13.3.